The molecule has 3 N–H and O–H groups in total. The largest absolute Gasteiger partial charge is 0.369 e. The predicted molar refractivity (Wildman–Crippen MR) is 124 cm³/mol. The summed E-state index contributed by atoms with van der Waals surface area (Å²) in [7, 11) is -3.22. The van der Waals surface area contributed by atoms with Crippen LogP contribution < -0.4 is 21.5 Å². The number of carbonyl (C=O) groups excluding carboxylic acids is 2. The number of hydrogen-bond acceptors (Lipinski definition) is 8. The first-order chi connectivity index (χ1) is 16.2. The van der Waals surface area contributed by atoms with E-state index in [4.69, 9.17) is 5.73 Å². The number of hydrogen-bond donors (Lipinski definition) is 2. The quantitative estimate of drug-likeness (QED) is 0.427. The molecule has 0 unspecified atom stereocenters. The number of piperidine rings is 1. The fourth-order valence-corrected chi connectivity index (χ4v) is 5.97. The van der Waals surface area contributed by atoms with E-state index in [1.54, 1.807) is 24.4 Å². The lowest BCUT2D eigenvalue weighted by Crippen LogP contribution is -2.40. The molecule has 2 aliphatic rings. The van der Waals surface area contributed by atoms with Crippen molar-refractivity contribution in [2.45, 2.75) is 25.3 Å². The van der Waals surface area contributed by atoms with E-state index in [0.29, 0.717) is 37.4 Å². The summed E-state index contributed by atoms with van der Waals surface area (Å²) in [5.41, 5.74) is 5.10. The zero-order chi connectivity index (χ0) is 24.5. The van der Waals surface area contributed by atoms with Crippen molar-refractivity contribution in [2.24, 2.45) is 11.7 Å². The lowest BCUT2D eigenvalue weighted by Gasteiger charge is -2.32. The van der Waals surface area contributed by atoms with Gasteiger partial charge >= 0.3 is 0 Å². The molecule has 4 rings (SSSR count). The van der Waals surface area contributed by atoms with Gasteiger partial charge in [0.25, 0.3) is 11.5 Å². The maximum atomic E-state index is 13.3. The average Bonchev–Trinajstić information content (AvgIpc) is 3.16. The van der Waals surface area contributed by atoms with Gasteiger partial charge < -0.3 is 16.0 Å². The molecule has 11 nitrogen and oxygen atoms in total. The van der Waals surface area contributed by atoms with Crippen molar-refractivity contribution in [2.75, 3.05) is 29.5 Å². The van der Waals surface area contributed by atoms with Crippen molar-refractivity contribution in [1.82, 2.24) is 14.7 Å². The Balaban J connectivity index is 1.72. The Morgan fingerprint density at radius 1 is 1.24 bits per heavy atom. The third-order valence-electron chi connectivity index (χ3n) is 6.17. The van der Waals surface area contributed by atoms with E-state index in [2.05, 4.69) is 10.3 Å². The second-order valence-electron chi connectivity index (χ2n) is 8.49. The summed E-state index contributed by atoms with van der Waals surface area (Å²) >= 11 is 0. The second kappa shape index (κ2) is 9.26. The summed E-state index contributed by atoms with van der Waals surface area (Å²) in [5.74, 6) is -1.28. The Morgan fingerprint density at radius 2 is 1.97 bits per heavy atom. The first-order valence-electron chi connectivity index (χ1n) is 10.9. The van der Waals surface area contributed by atoms with E-state index in [0.717, 1.165) is 0 Å². The summed E-state index contributed by atoms with van der Waals surface area (Å²) in [4.78, 5) is 44.1. The van der Waals surface area contributed by atoms with Gasteiger partial charge in [0.1, 0.15) is 23.1 Å². The molecule has 34 heavy (non-hydrogen) atoms. The predicted octanol–water partition coefficient (Wildman–Crippen LogP) is -0.394. The number of fused-ring (bicyclic) bond motifs is 1. The first kappa shape index (κ1) is 23.4. The molecule has 178 valence electrons. The number of aromatic nitrogens is 2. The molecule has 12 heteroatoms. The van der Waals surface area contributed by atoms with E-state index in [9.17, 15) is 28.1 Å². The number of rotatable bonds is 5. The summed E-state index contributed by atoms with van der Waals surface area (Å²) in [5, 5.41) is 12.2. The van der Waals surface area contributed by atoms with Crippen LogP contribution in [-0.4, -0.2) is 60.3 Å². The van der Waals surface area contributed by atoms with Crippen LogP contribution in [0.4, 0.5) is 5.82 Å². The topological polar surface area (TPSA) is 168 Å². The molecular weight excluding hydrogens is 460 g/mol. The first-order valence-corrected chi connectivity index (χ1v) is 12.7. The van der Waals surface area contributed by atoms with Crippen molar-refractivity contribution in [3.8, 4) is 6.07 Å². The van der Waals surface area contributed by atoms with Gasteiger partial charge in [-0.05, 0) is 37.5 Å². The van der Waals surface area contributed by atoms with E-state index in [1.807, 2.05) is 11.0 Å². The number of amides is 2. The van der Waals surface area contributed by atoms with Crippen LogP contribution in [0.1, 0.15) is 24.8 Å². The SMILES string of the molecule is N#C/C(=C/c1c(N2CCC(C(N)=O)CC2)nc2ccccn2c1=O)C(=O)N[C@@H]1CCS(=O)(=O)C1. The summed E-state index contributed by atoms with van der Waals surface area (Å²) < 4.78 is 24.7. The fraction of sp³-hybridized carbons (Fsp3) is 0.409. The van der Waals surface area contributed by atoms with Crippen LogP contribution in [0.25, 0.3) is 11.7 Å². The summed E-state index contributed by atoms with van der Waals surface area (Å²) in [6.07, 6.45) is 4.00. The number of nitriles is 1. The number of carbonyl (C=O) groups is 2. The third-order valence-corrected chi connectivity index (χ3v) is 7.94. The van der Waals surface area contributed by atoms with Crippen LogP contribution in [0.3, 0.4) is 0 Å². The van der Waals surface area contributed by atoms with E-state index in [1.165, 1.54) is 10.5 Å². The van der Waals surface area contributed by atoms with Crippen molar-refractivity contribution in [3.63, 3.8) is 0 Å². The molecule has 0 aliphatic carbocycles. The van der Waals surface area contributed by atoms with Gasteiger partial charge in [-0.15, -0.1) is 0 Å². The smallest absolute Gasteiger partial charge is 0.267 e. The number of anilines is 1. The molecule has 0 aromatic carbocycles. The third kappa shape index (κ3) is 4.79. The molecule has 4 heterocycles. The van der Waals surface area contributed by atoms with Gasteiger partial charge in [0.05, 0.1) is 17.1 Å². The molecule has 2 fully saturated rings. The monoisotopic (exact) mass is 484 g/mol. The summed E-state index contributed by atoms with van der Waals surface area (Å²) in [6, 6.07) is 6.31. The highest BCUT2D eigenvalue weighted by Crippen LogP contribution is 2.25. The molecule has 2 aliphatic heterocycles. The van der Waals surface area contributed by atoms with Crippen LogP contribution in [0.15, 0.2) is 34.8 Å². The Morgan fingerprint density at radius 3 is 2.59 bits per heavy atom. The zero-order valence-electron chi connectivity index (χ0n) is 18.3. The van der Waals surface area contributed by atoms with Gasteiger partial charge in [-0.3, -0.25) is 18.8 Å². The van der Waals surface area contributed by atoms with Crippen LogP contribution in [0.2, 0.25) is 0 Å². The van der Waals surface area contributed by atoms with Crippen LogP contribution in [0.5, 0.6) is 0 Å². The standard InChI is InChI=1S/C22H24N6O5S/c23-12-15(21(30)25-16-6-10-34(32,33)13-16)11-17-20(27-8-4-14(5-9-27)19(24)29)26-18-3-1-2-7-28(18)22(17)31/h1-3,7,11,14,16H,4-6,8-10,13H2,(H2,24,29)(H,25,30)/b15-11-/t16-/m1/s1. The average molecular weight is 485 g/mol. The molecule has 2 aromatic rings. The lowest BCUT2D eigenvalue weighted by molar-refractivity contribution is -0.122. The fourth-order valence-electron chi connectivity index (χ4n) is 4.30. The number of sulfone groups is 1. The highest BCUT2D eigenvalue weighted by molar-refractivity contribution is 7.91. The lowest BCUT2D eigenvalue weighted by atomic mass is 9.96. The molecule has 2 saturated heterocycles. The Hall–Kier alpha value is -3.72. The van der Waals surface area contributed by atoms with Crippen LogP contribution in [0, 0.1) is 17.2 Å². The van der Waals surface area contributed by atoms with Gasteiger partial charge in [-0.25, -0.2) is 13.4 Å². The highest BCUT2D eigenvalue weighted by atomic mass is 32.2. The van der Waals surface area contributed by atoms with Gasteiger partial charge in [-0.1, -0.05) is 6.07 Å². The van der Waals surface area contributed by atoms with Gasteiger partial charge in [-0.2, -0.15) is 5.26 Å². The Kier molecular flexibility index (Phi) is 6.39. The van der Waals surface area contributed by atoms with E-state index in [-0.39, 0.29) is 40.9 Å². The maximum Gasteiger partial charge on any atom is 0.267 e. The molecular formula is C22H24N6O5S. The van der Waals surface area contributed by atoms with Crippen molar-refractivity contribution >= 4 is 39.2 Å². The highest BCUT2D eigenvalue weighted by Gasteiger charge is 2.30. The summed E-state index contributed by atoms with van der Waals surface area (Å²) in [6.45, 7) is 0.857. The van der Waals surface area contributed by atoms with Crippen molar-refractivity contribution < 1.29 is 18.0 Å². The van der Waals surface area contributed by atoms with Crippen molar-refractivity contribution in [3.05, 3.63) is 45.9 Å². The number of nitrogens with zero attached hydrogens (tertiary/aromatic N) is 4. The maximum absolute atomic E-state index is 13.3. The minimum atomic E-state index is -3.22. The number of pyridine rings is 1. The van der Waals surface area contributed by atoms with Gasteiger partial charge in [0, 0.05) is 31.2 Å². The molecule has 0 saturated carbocycles. The number of nitrogens with two attached hydrogens (primary N) is 1. The Labute approximate surface area is 195 Å². The molecule has 0 radical (unpaired) electrons. The second-order valence-corrected chi connectivity index (χ2v) is 10.7. The van der Waals surface area contributed by atoms with Crippen molar-refractivity contribution in [1.29, 1.82) is 5.26 Å². The molecule has 1 atom stereocenters. The normalized spacial score (nSPS) is 20.7. The minimum Gasteiger partial charge on any atom is -0.369 e. The van der Waals surface area contributed by atoms with Crippen LogP contribution in [-0.2, 0) is 19.4 Å². The number of primary amides is 1. The van der Waals surface area contributed by atoms with E-state index >= 15 is 0 Å². The molecule has 0 spiro atoms. The zero-order valence-corrected chi connectivity index (χ0v) is 19.1. The van der Waals surface area contributed by atoms with E-state index < -0.39 is 27.3 Å². The molecule has 2 amide bonds. The molecule has 0 bridgehead atoms. The Bertz CT molecular complexity index is 1380. The molecule has 2 aromatic heterocycles. The van der Waals surface area contributed by atoms with Gasteiger partial charge in [0.15, 0.2) is 9.84 Å². The van der Waals surface area contributed by atoms with Gasteiger partial charge in [0.2, 0.25) is 5.91 Å². The number of nitrogens with one attached hydrogen (secondary N) is 1. The minimum absolute atomic E-state index is 0.0229. The van der Waals surface area contributed by atoms with Crippen LogP contribution >= 0.6 is 0 Å².